The molecule has 4 nitrogen and oxygen atoms in total. The van der Waals surface area contributed by atoms with E-state index >= 15 is 0 Å². The monoisotopic (exact) mass is 242 g/mol. The molecule has 0 saturated carbocycles. The van der Waals surface area contributed by atoms with E-state index in [0.29, 0.717) is 18.2 Å². The van der Waals surface area contributed by atoms with Crippen LogP contribution in [-0.4, -0.2) is 62.5 Å². The summed E-state index contributed by atoms with van der Waals surface area (Å²) in [7, 11) is 0. The second-order valence-electron chi connectivity index (χ2n) is 5.38. The lowest BCUT2D eigenvalue weighted by Crippen LogP contribution is -2.49. The molecule has 0 bridgehead atoms. The lowest BCUT2D eigenvalue weighted by Gasteiger charge is -2.34. The average molecular weight is 242 g/mol. The summed E-state index contributed by atoms with van der Waals surface area (Å²) in [4.78, 5) is 2.49. The molecule has 2 rings (SSSR count). The highest BCUT2D eigenvalue weighted by molar-refractivity contribution is 4.79. The third-order valence-corrected chi connectivity index (χ3v) is 3.64. The maximum Gasteiger partial charge on any atom is 0.0594 e. The van der Waals surface area contributed by atoms with Crippen LogP contribution in [0.2, 0.25) is 0 Å². The van der Waals surface area contributed by atoms with Crippen molar-refractivity contribution < 1.29 is 9.47 Å². The van der Waals surface area contributed by atoms with E-state index in [-0.39, 0.29) is 0 Å². The van der Waals surface area contributed by atoms with Gasteiger partial charge in [0.15, 0.2) is 0 Å². The van der Waals surface area contributed by atoms with Crippen LogP contribution in [0.3, 0.4) is 0 Å². The summed E-state index contributed by atoms with van der Waals surface area (Å²) in [6, 6.07) is 1.19. The number of hydrogen-bond donors (Lipinski definition) is 1. The van der Waals surface area contributed by atoms with Gasteiger partial charge in [-0.15, -0.1) is 0 Å². The molecule has 4 heteroatoms. The molecular formula is C13H26N2O2. The van der Waals surface area contributed by atoms with Gasteiger partial charge in [0, 0.05) is 38.3 Å². The molecule has 0 aromatic carbocycles. The van der Waals surface area contributed by atoms with Gasteiger partial charge < -0.3 is 14.8 Å². The zero-order valence-electron chi connectivity index (χ0n) is 11.2. The fourth-order valence-electron chi connectivity index (χ4n) is 2.78. The zero-order valence-corrected chi connectivity index (χ0v) is 11.2. The molecule has 1 N–H and O–H groups in total. The van der Waals surface area contributed by atoms with Crippen LogP contribution >= 0.6 is 0 Å². The summed E-state index contributed by atoms with van der Waals surface area (Å²) in [5.41, 5.74) is 0. The van der Waals surface area contributed by atoms with Crippen molar-refractivity contribution >= 4 is 0 Å². The molecule has 3 atom stereocenters. The molecule has 2 fully saturated rings. The molecule has 100 valence electrons. The van der Waals surface area contributed by atoms with Gasteiger partial charge in [0.25, 0.3) is 0 Å². The molecule has 0 aromatic heterocycles. The summed E-state index contributed by atoms with van der Waals surface area (Å²) >= 11 is 0. The van der Waals surface area contributed by atoms with Crippen molar-refractivity contribution in [2.45, 2.75) is 44.9 Å². The van der Waals surface area contributed by atoms with Gasteiger partial charge in [0.2, 0.25) is 0 Å². The maximum atomic E-state index is 5.57. The van der Waals surface area contributed by atoms with Gasteiger partial charge in [-0.3, -0.25) is 4.90 Å². The Morgan fingerprint density at radius 2 is 2.06 bits per heavy atom. The number of hydrogen-bond acceptors (Lipinski definition) is 4. The Kier molecular flexibility index (Phi) is 5.22. The number of nitrogens with zero attached hydrogens (tertiary/aromatic N) is 1. The third kappa shape index (κ3) is 4.54. The highest BCUT2D eigenvalue weighted by Crippen LogP contribution is 2.14. The van der Waals surface area contributed by atoms with E-state index in [1.165, 1.54) is 0 Å². The number of nitrogens with one attached hydrogen (secondary N) is 1. The van der Waals surface area contributed by atoms with E-state index in [0.717, 1.165) is 52.3 Å². The van der Waals surface area contributed by atoms with E-state index in [9.17, 15) is 0 Å². The minimum Gasteiger partial charge on any atom is -0.379 e. The van der Waals surface area contributed by atoms with E-state index in [2.05, 4.69) is 24.1 Å². The van der Waals surface area contributed by atoms with Crippen molar-refractivity contribution in [2.75, 3.05) is 39.5 Å². The molecule has 2 aliphatic heterocycles. The van der Waals surface area contributed by atoms with Crippen molar-refractivity contribution in [2.24, 2.45) is 0 Å². The standard InChI is InChI=1S/C13H26N2O2/c1-11(10-15-4-7-16-8-5-15)14-13-3-6-17-12(2)9-13/h11-14H,3-10H2,1-2H3. The van der Waals surface area contributed by atoms with Gasteiger partial charge in [0.05, 0.1) is 19.3 Å². The van der Waals surface area contributed by atoms with Crippen LogP contribution in [0.15, 0.2) is 0 Å². The van der Waals surface area contributed by atoms with Gasteiger partial charge >= 0.3 is 0 Å². The summed E-state index contributed by atoms with van der Waals surface area (Å²) in [5, 5.41) is 3.73. The van der Waals surface area contributed by atoms with Crippen LogP contribution in [0.4, 0.5) is 0 Å². The predicted molar refractivity (Wildman–Crippen MR) is 68.3 cm³/mol. The Hall–Kier alpha value is -0.160. The van der Waals surface area contributed by atoms with Gasteiger partial charge in [0.1, 0.15) is 0 Å². The number of rotatable bonds is 4. The normalized spacial score (nSPS) is 33.5. The quantitative estimate of drug-likeness (QED) is 0.793. The molecule has 3 unspecified atom stereocenters. The summed E-state index contributed by atoms with van der Waals surface area (Å²) in [6.07, 6.45) is 2.71. The summed E-state index contributed by atoms with van der Waals surface area (Å²) < 4.78 is 10.9. The summed E-state index contributed by atoms with van der Waals surface area (Å²) in [6.45, 7) is 10.4. The predicted octanol–water partition coefficient (Wildman–Crippen LogP) is 0.864. The minimum atomic E-state index is 0.414. The Balaban J connectivity index is 1.66. The highest BCUT2D eigenvalue weighted by Gasteiger charge is 2.21. The highest BCUT2D eigenvalue weighted by atomic mass is 16.5. The van der Waals surface area contributed by atoms with Crippen LogP contribution < -0.4 is 5.32 Å². The Morgan fingerprint density at radius 3 is 2.76 bits per heavy atom. The first kappa shape index (κ1) is 13.3. The molecule has 17 heavy (non-hydrogen) atoms. The number of ether oxygens (including phenoxy) is 2. The number of morpholine rings is 1. The molecular weight excluding hydrogens is 216 g/mol. The smallest absolute Gasteiger partial charge is 0.0594 e. The first-order valence-electron chi connectivity index (χ1n) is 6.92. The molecule has 0 amide bonds. The maximum absolute atomic E-state index is 5.57. The first-order chi connectivity index (χ1) is 8.24. The topological polar surface area (TPSA) is 33.7 Å². The lowest BCUT2D eigenvalue weighted by atomic mass is 10.0. The second-order valence-corrected chi connectivity index (χ2v) is 5.38. The first-order valence-corrected chi connectivity index (χ1v) is 6.92. The van der Waals surface area contributed by atoms with Gasteiger partial charge in [-0.25, -0.2) is 0 Å². The van der Waals surface area contributed by atoms with Crippen molar-refractivity contribution in [1.82, 2.24) is 10.2 Å². The van der Waals surface area contributed by atoms with Crippen LogP contribution in [0, 0.1) is 0 Å². The van der Waals surface area contributed by atoms with E-state index in [4.69, 9.17) is 9.47 Å². The molecule has 2 saturated heterocycles. The average Bonchev–Trinajstić information content (AvgIpc) is 2.30. The van der Waals surface area contributed by atoms with E-state index < -0.39 is 0 Å². The van der Waals surface area contributed by atoms with E-state index in [1.54, 1.807) is 0 Å². The Bertz CT molecular complexity index is 219. The van der Waals surface area contributed by atoms with Gasteiger partial charge in [-0.1, -0.05) is 0 Å². The molecule has 0 spiro atoms. The van der Waals surface area contributed by atoms with Crippen molar-refractivity contribution in [1.29, 1.82) is 0 Å². The summed E-state index contributed by atoms with van der Waals surface area (Å²) in [5.74, 6) is 0. The van der Waals surface area contributed by atoms with Crippen molar-refractivity contribution in [3.63, 3.8) is 0 Å². The van der Waals surface area contributed by atoms with Crippen molar-refractivity contribution in [3.8, 4) is 0 Å². The van der Waals surface area contributed by atoms with Crippen LogP contribution in [0.1, 0.15) is 26.7 Å². The van der Waals surface area contributed by atoms with Crippen LogP contribution in [0.5, 0.6) is 0 Å². The molecule has 0 radical (unpaired) electrons. The fraction of sp³-hybridized carbons (Fsp3) is 1.00. The lowest BCUT2D eigenvalue weighted by molar-refractivity contribution is 0.00760. The van der Waals surface area contributed by atoms with E-state index in [1.807, 2.05) is 0 Å². The largest absolute Gasteiger partial charge is 0.379 e. The Labute approximate surface area is 105 Å². The van der Waals surface area contributed by atoms with Gasteiger partial charge in [-0.2, -0.15) is 0 Å². The molecule has 0 aromatic rings. The minimum absolute atomic E-state index is 0.414. The van der Waals surface area contributed by atoms with Crippen molar-refractivity contribution in [3.05, 3.63) is 0 Å². The zero-order chi connectivity index (χ0) is 12.1. The van der Waals surface area contributed by atoms with Crippen LogP contribution in [-0.2, 0) is 9.47 Å². The third-order valence-electron chi connectivity index (χ3n) is 3.64. The molecule has 2 heterocycles. The fourth-order valence-corrected chi connectivity index (χ4v) is 2.78. The molecule has 0 aliphatic carbocycles. The molecule has 2 aliphatic rings. The van der Waals surface area contributed by atoms with Gasteiger partial charge in [-0.05, 0) is 26.7 Å². The Morgan fingerprint density at radius 1 is 1.29 bits per heavy atom. The second kappa shape index (κ2) is 6.69. The van der Waals surface area contributed by atoms with Crippen LogP contribution in [0.25, 0.3) is 0 Å². The SMILES string of the molecule is CC(CN1CCOCC1)NC1CCOC(C)C1.